The van der Waals surface area contributed by atoms with E-state index in [0.717, 1.165) is 17.1 Å². The van der Waals surface area contributed by atoms with Crippen molar-refractivity contribution in [1.82, 2.24) is 10.6 Å². The number of aryl methyl sites for hydroxylation is 2. The highest BCUT2D eigenvalue weighted by atomic mass is 16.3. The summed E-state index contributed by atoms with van der Waals surface area (Å²) in [4.78, 5) is 11.9. The first-order valence-corrected chi connectivity index (χ1v) is 7.15. The molecule has 5 heteroatoms. The van der Waals surface area contributed by atoms with E-state index >= 15 is 0 Å². The summed E-state index contributed by atoms with van der Waals surface area (Å²) in [6.45, 7) is 9.73. The molecule has 1 unspecified atom stereocenters. The fourth-order valence-corrected chi connectivity index (χ4v) is 2.15. The number of aliphatic hydroxyl groups is 1. The van der Waals surface area contributed by atoms with Crippen LogP contribution in [0.25, 0.3) is 0 Å². The lowest BCUT2D eigenvalue weighted by atomic mass is 9.98. The second-order valence-electron chi connectivity index (χ2n) is 5.35. The fraction of sp³-hybridized carbons (Fsp3) is 0.667. The van der Waals surface area contributed by atoms with Crippen molar-refractivity contribution in [3.8, 4) is 0 Å². The van der Waals surface area contributed by atoms with Crippen molar-refractivity contribution in [2.75, 3.05) is 6.54 Å². The largest absolute Gasteiger partial charge is 0.466 e. The Morgan fingerprint density at radius 1 is 1.40 bits per heavy atom. The molecule has 1 heterocycles. The van der Waals surface area contributed by atoms with Crippen LogP contribution in [-0.2, 0) is 0 Å². The maximum absolute atomic E-state index is 11.9. The Morgan fingerprint density at radius 2 is 2.00 bits per heavy atom. The third-order valence-corrected chi connectivity index (χ3v) is 3.79. The predicted octanol–water partition coefficient (Wildman–Crippen LogP) is 2.81. The number of furan rings is 1. The van der Waals surface area contributed by atoms with Gasteiger partial charge in [-0.2, -0.15) is 0 Å². The lowest BCUT2D eigenvalue weighted by Crippen LogP contribution is -2.46. The van der Waals surface area contributed by atoms with Gasteiger partial charge in [0.1, 0.15) is 11.5 Å². The van der Waals surface area contributed by atoms with E-state index < -0.39 is 5.60 Å². The van der Waals surface area contributed by atoms with Crippen LogP contribution < -0.4 is 10.6 Å². The van der Waals surface area contributed by atoms with Crippen molar-refractivity contribution in [3.63, 3.8) is 0 Å². The quantitative estimate of drug-likeness (QED) is 0.751. The van der Waals surface area contributed by atoms with Crippen LogP contribution in [0.1, 0.15) is 56.7 Å². The number of amides is 2. The minimum atomic E-state index is -0.831. The van der Waals surface area contributed by atoms with Gasteiger partial charge in [0.2, 0.25) is 0 Å². The van der Waals surface area contributed by atoms with Crippen LogP contribution in [0.4, 0.5) is 4.79 Å². The molecule has 0 saturated heterocycles. The topological polar surface area (TPSA) is 74.5 Å². The first kappa shape index (κ1) is 16.6. The second-order valence-corrected chi connectivity index (χ2v) is 5.35. The third kappa shape index (κ3) is 4.27. The molecule has 0 aliphatic heterocycles. The van der Waals surface area contributed by atoms with Crippen LogP contribution in [-0.4, -0.2) is 23.3 Å². The molecule has 5 nitrogen and oxygen atoms in total. The minimum Gasteiger partial charge on any atom is -0.466 e. The van der Waals surface area contributed by atoms with Gasteiger partial charge in [0.15, 0.2) is 0 Å². The Hall–Kier alpha value is -1.49. The van der Waals surface area contributed by atoms with E-state index in [2.05, 4.69) is 10.6 Å². The smallest absolute Gasteiger partial charge is 0.315 e. The van der Waals surface area contributed by atoms with Gasteiger partial charge >= 0.3 is 6.03 Å². The van der Waals surface area contributed by atoms with Crippen LogP contribution >= 0.6 is 0 Å². The molecule has 1 aromatic heterocycles. The van der Waals surface area contributed by atoms with E-state index in [1.807, 2.05) is 40.7 Å². The first-order chi connectivity index (χ1) is 9.31. The first-order valence-electron chi connectivity index (χ1n) is 7.15. The summed E-state index contributed by atoms with van der Waals surface area (Å²) >= 11 is 0. The monoisotopic (exact) mass is 282 g/mol. The SMILES string of the molecule is CCC(O)(CC)CNC(=O)NC(C)c1cc(C)oc1C. The molecule has 0 aliphatic rings. The van der Waals surface area contributed by atoms with Gasteiger partial charge in [0, 0.05) is 12.1 Å². The molecular weight excluding hydrogens is 256 g/mol. The summed E-state index contributed by atoms with van der Waals surface area (Å²) < 4.78 is 5.45. The number of nitrogens with one attached hydrogen (secondary N) is 2. The molecule has 0 fully saturated rings. The molecule has 114 valence electrons. The summed E-state index contributed by atoms with van der Waals surface area (Å²) in [6, 6.07) is 1.51. The van der Waals surface area contributed by atoms with E-state index in [9.17, 15) is 9.90 Å². The van der Waals surface area contributed by atoms with Gasteiger partial charge in [0.05, 0.1) is 11.6 Å². The molecule has 0 saturated carbocycles. The van der Waals surface area contributed by atoms with Crippen molar-refractivity contribution in [3.05, 3.63) is 23.2 Å². The molecule has 3 N–H and O–H groups in total. The third-order valence-electron chi connectivity index (χ3n) is 3.79. The standard InChI is InChI=1S/C15H26N2O3/c1-6-15(19,7-2)9-16-14(18)17-11(4)13-8-10(3)20-12(13)5/h8,11,19H,6-7,9H2,1-5H3,(H2,16,17,18). The maximum Gasteiger partial charge on any atom is 0.315 e. The van der Waals surface area contributed by atoms with Gasteiger partial charge in [-0.3, -0.25) is 0 Å². The highest BCUT2D eigenvalue weighted by Gasteiger charge is 2.23. The molecule has 2 amide bonds. The van der Waals surface area contributed by atoms with Crippen molar-refractivity contribution in [2.45, 2.75) is 59.1 Å². The van der Waals surface area contributed by atoms with Crippen LogP contribution in [0.3, 0.4) is 0 Å². The molecule has 0 aromatic carbocycles. The number of rotatable bonds is 6. The molecule has 0 bridgehead atoms. The second kappa shape index (κ2) is 6.79. The van der Waals surface area contributed by atoms with Gasteiger partial charge in [-0.05, 0) is 39.7 Å². The zero-order chi connectivity index (χ0) is 15.3. The Balaban J connectivity index is 2.52. The number of urea groups is 1. The lowest BCUT2D eigenvalue weighted by Gasteiger charge is -2.26. The van der Waals surface area contributed by atoms with E-state index in [0.29, 0.717) is 12.8 Å². The molecule has 0 radical (unpaired) electrons. The molecule has 20 heavy (non-hydrogen) atoms. The average Bonchev–Trinajstić information content (AvgIpc) is 2.75. The molecule has 1 rings (SSSR count). The molecule has 1 atom stereocenters. The minimum absolute atomic E-state index is 0.135. The Morgan fingerprint density at radius 3 is 2.45 bits per heavy atom. The van der Waals surface area contributed by atoms with Crippen LogP contribution in [0, 0.1) is 13.8 Å². The summed E-state index contributed by atoms with van der Waals surface area (Å²) in [5.74, 6) is 1.65. The van der Waals surface area contributed by atoms with Crippen molar-refractivity contribution >= 4 is 6.03 Å². The predicted molar refractivity (Wildman–Crippen MR) is 78.7 cm³/mol. The van der Waals surface area contributed by atoms with Crippen LogP contribution in [0.2, 0.25) is 0 Å². The fourth-order valence-electron chi connectivity index (χ4n) is 2.15. The van der Waals surface area contributed by atoms with Gasteiger partial charge < -0.3 is 20.2 Å². The number of carbonyl (C=O) groups excluding carboxylic acids is 1. The van der Waals surface area contributed by atoms with E-state index in [1.165, 1.54) is 0 Å². The number of hydrogen-bond donors (Lipinski definition) is 3. The van der Waals surface area contributed by atoms with E-state index in [4.69, 9.17) is 4.42 Å². The molecule has 0 aliphatic carbocycles. The average molecular weight is 282 g/mol. The van der Waals surface area contributed by atoms with Gasteiger partial charge in [-0.1, -0.05) is 13.8 Å². The van der Waals surface area contributed by atoms with Crippen LogP contribution in [0.15, 0.2) is 10.5 Å². The Bertz CT molecular complexity index is 450. The van der Waals surface area contributed by atoms with Crippen molar-refractivity contribution in [1.29, 1.82) is 0 Å². The summed E-state index contributed by atoms with van der Waals surface area (Å²) in [6.07, 6.45) is 1.22. The molecular formula is C15H26N2O3. The van der Waals surface area contributed by atoms with Gasteiger partial charge in [-0.25, -0.2) is 4.79 Å². The number of carbonyl (C=O) groups is 1. The lowest BCUT2D eigenvalue weighted by molar-refractivity contribution is 0.0349. The summed E-state index contributed by atoms with van der Waals surface area (Å²) in [7, 11) is 0. The normalized spacial score (nSPS) is 13.1. The van der Waals surface area contributed by atoms with Gasteiger partial charge in [0.25, 0.3) is 0 Å². The van der Waals surface area contributed by atoms with Crippen LogP contribution in [0.5, 0.6) is 0 Å². The summed E-state index contributed by atoms with van der Waals surface area (Å²) in [5.41, 5.74) is 0.141. The zero-order valence-electron chi connectivity index (χ0n) is 13.0. The highest BCUT2D eigenvalue weighted by Crippen LogP contribution is 2.21. The van der Waals surface area contributed by atoms with E-state index in [-0.39, 0.29) is 18.6 Å². The van der Waals surface area contributed by atoms with E-state index in [1.54, 1.807) is 0 Å². The molecule has 1 aromatic rings. The highest BCUT2D eigenvalue weighted by molar-refractivity contribution is 5.74. The van der Waals surface area contributed by atoms with Crippen molar-refractivity contribution in [2.24, 2.45) is 0 Å². The molecule has 0 spiro atoms. The Kier molecular flexibility index (Phi) is 5.62. The zero-order valence-corrected chi connectivity index (χ0v) is 13.0. The van der Waals surface area contributed by atoms with Gasteiger partial charge in [-0.15, -0.1) is 0 Å². The Labute approximate surface area is 120 Å². The number of hydrogen-bond acceptors (Lipinski definition) is 3. The summed E-state index contributed by atoms with van der Waals surface area (Å²) in [5, 5.41) is 15.7. The van der Waals surface area contributed by atoms with Crippen molar-refractivity contribution < 1.29 is 14.3 Å². The maximum atomic E-state index is 11.9.